The maximum Gasteiger partial charge on any atom is 0.101 e. The van der Waals surface area contributed by atoms with Crippen LogP contribution in [0.5, 0.6) is 0 Å². The molecule has 0 N–H and O–H groups in total. The van der Waals surface area contributed by atoms with E-state index in [2.05, 4.69) is 22.9 Å². The summed E-state index contributed by atoms with van der Waals surface area (Å²) in [5.74, 6) is 0. The predicted molar refractivity (Wildman–Crippen MR) is 71.6 cm³/mol. The van der Waals surface area contributed by atoms with Crippen molar-refractivity contribution >= 4 is 15.9 Å². The molecular weight excluding hydrogens is 252 g/mol. The van der Waals surface area contributed by atoms with Gasteiger partial charge in [0.1, 0.15) is 5.52 Å². The Balaban J connectivity index is 2.81. The van der Waals surface area contributed by atoms with Crippen LogP contribution in [0.4, 0.5) is 0 Å². The van der Waals surface area contributed by atoms with Crippen LogP contribution in [-0.4, -0.2) is 12.1 Å². The zero-order chi connectivity index (χ0) is 11.2. The molecule has 0 fully saturated rings. The van der Waals surface area contributed by atoms with E-state index in [1.54, 1.807) is 0 Å². The molecule has 0 aromatic carbocycles. The van der Waals surface area contributed by atoms with Crippen molar-refractivity contribution in [3.63, 3.8) is 0 Å². The minimum atomic E-state index is 0.685. The van der Waals surface area contributed by atoms with Crippen LogP contribution in [0.25, 0.3) is 0 Å². The molecule has 0 aromatic rings. The van der Waals surface area contributed by atoms with Crippen molar-refractivity contribution in [2.24, 2.45) is 0 Å². The fraction of sp³-hybridized carbons (Fsp3) is 1.00. The fourth-order valence-corrected chi connectivity index (χ4v) is 1.98. The molecule has 0 amide bonds. The largest absolute Gasteiger partial charge is 0.370 e. The van der Waals surface area contributed by atoms with Crippen LogP contribution in [0.15, 0.2) is 0 Å². The van der Waals surface area contributed by atoms with E-state index in [9.17, 15) is 0 Å². The van der Waals surface area contributed by atoms with Crippen molar-refractivity contribution in [1.82, 2.24) is 0 Å². The van der Waals surface area contributed by atoms with Crippen LogP contribution >= 0.6 is 15.9 Å². The van der Waals surface area contributed by atoms with E-state index in [1.807, 2.05) is 0 Å². The molecule has 2 heteroatoms. The molecule has 0 heterocycles. The van der Waals surface area contributed by atoms with E-state index >= 15 is 0 Å². The van der Waals surface area contributed by atoms with Crippen LogP contribution < -0.4 is 0 Å². The summed E-state index contributed by atoms with van der Waals surface area (Å²) < 4.78 is 5.22. The number of hydrogen-bond donors (Lipinski definition) is 0. The highest BCUT2D eigenvalue weighted by Gasteiger charge is 1.92. The van der Waals surface area contributed by atoms with Crippen LogP contribution in [0.1, 0.15) is 71.1 Å². The molecule has 0 atom stereocenters. The molecule has 0 radical (unpaired) electrons. The summed E-state index contributed by atoms with van der Waals surface area (Å²) in [4.78, 5) is 0. The summed E-state index contributed by atoms with van der Waals surface area (Å²) in [6.07, 6.45) is 13.9. The van der Waals surface area contributed by atoms with Crippen molar-refractivity contribution in [2.75, 3.05) is 12.1 Å². The number of unbranched alkanes of at least 4 members (excludes halogenated alkanes) is 9. The average Bonchev–Trinajstić information content (AvgIpc) is 2.26. The third-order valence-corrected chi connectivity index (χ3v) is 3.04. The van der Waals surface area contributed by atoms with Gasteiger partial charge in [-0.3, -0.25) is 0 Å². The standard InChI is InChI=1S/C13H27BrO/c1-2-3-4-5-6-7-8-9-10-11-12-15-13-14/h2-13H2,1H3. The number of halogens is 1. The summed E-state index contributed by atoms with van der Waals surface area (Å²) in [6.45, 7) is 3.19. The van der Waals surface area contributed by atoms with Crippen molar-refractivity contribution in [3.05, 3.63) is 0 Å². The van der Waals surface area contributed by atoms with Gasteiger partial charge >= 0.3 is 0 Å². The predicted octanol–water partition coefficient (Wildman–Crippen LogP) is 5.28. The van der Waals surface area contributed by atoms with Crippen molar-refractivity contribution < 1.29 is 4.74 Å². The first kappa shape index (κ1) is 15.4. The van der Waals surface area contributed by atoms with Gasteiger partial charge in [-0.05, 0) is 6.42 Å². The second kappa shape index (κ2) is 14.4. The summed E-state index contributed by atoms with van der Waals surface area (Å²) in [5, 5.41) is 0. The van der Waals surface area contributed by atoms with Gasteiger partial charge < -0.3 is 4.74 Å². The molecule has 1 nitrogen and oxygen atoms in total. The van der Waals surface area contributed by atoms with E-state index < -0.39 is 0 Å². The molecule has 0 aliphatic heterocycles. The molecule has 0 aliphatic carbocycles. The smallest absolute Gasteiger partial charge is 0.101 e. The molecule has 15 heavy (non-hydrogen) atoms. The van der Waals surface area contributed by atoms with E-state index in [1.165, 1.54) is 64.2 Å². The Hall–Kier alpha value is 0.440. The zero-order valence-electron chi connectivity index (χ0n) is 10.3. The average molecular weight is 279 g/mol. The van der Waals surface area contributed by atoms with Crippen LogP contribution in [0, 0.1) is 0 Å². The maximum absolute atomic E-state index is 5.22. The van der Waals surface area contributed by atoms with Crippen LogP contribution in [-0.2, 0) is 4.74 Å². The number of hydrogen-bond acceptors (Lipinski definition) is 1. The Bertz CT molecular complexity index is 94.7. The first-order chi connectivity index (χ1) is 7.41. The second-order valence-corrected chi connectivity index (χ2v) is 4.66. The fourth-order valence-electron chi connectivity index (χ4n) is 1.75. The summed E-state index contributed by atoms with van der Waals surface area (Å²) >= 11 is 3.25. The first-order valence-electron chi connectivity index (χ1n) is 6.55. The van der Waals surface area contributed by atoms with Crippen molar-refractivity contribution in [1.29, 1.82) is 0 Å². The van der Waals surface area contributed by atoms with Gasteiger partial charge in [-0.15, -0.1) is 0 Å². The molecule has 0 unspecified atom stereocenters. The topological polar surface area (TPSA) is 9.23 Å². The molecule has 0 aliphatic rings. The lowest BCUT2D eigenvalue weighted by molar-refractivity contribution is 0.180. The van der Waals surface area contributed by atoms with E-state index in [0.717, 1.165) is 6.61 Å². The minimum Gasteiger partial charge on any atom is -0.370 e. The van der Waals surface area contributed by atoms with Gasteiger partial charge in [-0.25, -0.2) is 0 Å². The van der Waals surface area contributed by atoms with E-state index in [-0.39, 0.29) is 0 Å². The zero-order valence-corrected chi connectivity index (χ0v) is 11.9. The highest BCUT2D eigenvalue weighted by Crippen LogP contribution is 2.10. The number of alkyl halides is 1. The van der Waals surface area contributed by atoms with Gasteiger partial charge in [-0.1, -0.05) is 80.6 Å². The van der Waals surface area contributed by atoms with E-state index in [0.29, 0.717) is 5.52 Å². The summed E-state index contributed by atoms with van der Waals surface area (Å²) in [5.41, 5.74) is 0.685. The molecular formula is C13H27BrO. The first-order valence-corrected chi connectivity index (χ1v) is 7.67. The van der Waals surface area contributed by atoms with Gasteiger partial charge in [0.05, 0.1) is 0 Å². The van der Waals surface area contributed by atoms with Crippen LogP contribution in [0.3, 0.4) is 0 Å². The Kier molecular flexibility index (Phi) is 14.9. The highest BCUT2D eigenvalue weighted by molar-refractivity contribution is 9.09. The number of ether oxygens (including phenoxy) is 1. The van der Waals surface area contributed by atoms with Gasteiger partial charge in [0, 0.05) is 6.61 Å². The van der Waals surface area contributed by atoms with Crippen molar-refractivity contribution in [2.45, 2.75) is 71.1 Å². The molecule has 92 valence electrons. The molecule has 0 bridgehead atoms. The van der Waals surface area contributed by atoms with E-state index in [4.69, 9.17) is 4.74 Å². The molecule has 0 spiro atoms. The lowest BCUT2D eigenvalue weighted by Gasteiger charge is -2.02. The Morgan fingerprint density at radius 2 is 1.20 bits per heavy atom. The third kappa shape index (κ3) is 14.4. The highest BCUT2D eigenvalue weighted by atomic mass is 79.9. The van der Waals surface area contributed by atoms with Gasteiger partial charge in [0.25, 0.3) is 0 Å². The minimum absolute atomic E-state index is 0.685. The second-order valence-electron chi connectivity index (χ2n) is 4.20. The van der Waals surface area contributed by atoms with Crippen LogP contribution in [0.2, 0.25) is 0 Å². The lowest BCUT2D eigenvalue weighted by Crippen LogP contribution is -1.91. The molecule has 0 saturated heterocycles. The summed E-state index contributed by atoms with van der Waals surface area (Å²) in [6, 6.07) is 0. The number of rotatable bonds is 12. The SMILES string of the molecule is CCCCCCCCCCCCOCBr. The molecule has 0 aromatic heterocycles. The quantitative estimate of drug-likeness (QED) is 0.349. The Morgan fingerprint density at radius 3 is 1.67 bits per heavy atom. The maximum atomic E-state index is 5.22. The Labute approximate surface area is 104 Å². The normalized spacial score (nSPS) is 10.8. The lowest BCUT2D eigenvalue weighted by atomic mass is 10.1. The van der Waals surface area contributed by atoms with Gasteiger partial charge in [0.15, 0.2) is 0 Å². The van der Waals surface area contributed by atoms with Gasteiger partial charge in [-0.2, -0.15) is 0 Å². The van der Waals surface area contributed by atoms with Gasteiger partial charge in [0.2, 0.25) is 0 Å². The third-order valence-electron chi connectivity index (χ3n) is 2.72. The monoisotopic (exact) mass is 278 g/mol. The summed E-state index contributed by atoms with van der Waals surface area (Å²) in [7, 11) is 0. The molecule has 0 rings (SSSR count). The van der Waals surface area contributed by atoms with Crippen molar-refractivity contribution in [3.8, 4) is 0 Å². The molecule has 0 saturated carbocycles. The Morgan fingerprint density at radius 1 is 0.733 bits per heavy atom.